The molecule has 0 radical (unpaired) electrons. The van der Waals surface area contributed by atoms with Crippen molar-refractivity contribution >= 4 is 5.91 Å². The maximum absolute atomic E-state index is 12.3. The lowest BCUT2D eigenvalue weighted by atomic mass is 9.96. The van der Waals surface area contributed by atoms with E-state index in [1.54, 1.807) is 12.4 Å². The molecule has 2 aliphatic heterocycles. The zero-order valence-corrected chi connectivity index (χ0v) is 13.4. The Kier molecular flexibility index (Phi) is 5.43. The molecule has 3 heterocycles. The van der Waals surface area contributed by atoms with Gasteiger partial charge in [-0.2, -0.15) is 0 Å². The van der Waals surface area contributed by atoms with Gasteiger partial charge in [0.2, 0.25) is 5.91 Å². The van der Waals surface area contributed by atoms with E-state index < -0.39 is 0 Å². The summed E-state index contributed by atoms with van der Waals surface area (Å²) in [5.41, 5.74) is 1.20. The average Bonchev–Trinajstić information content (AvgIpc) is 3.07. The van der Waals surface area contributed by atoms with E-state index in [0.29, 0.717) is 12.3 Å². The normalized spacial score (nSPS) is 20.5. The van der Waals surface area contributed by atoms with Gasteiger partial charge in [0.25, 0.3) is 0 Å². The van der Waals surface area contributed by atoms with Crippen molar-refractivity contribution in [3.8, 4) is 0 Å². The summed E-state index contributed by atoms with van der Waals surface area (Å²) in [6, 6.07) is 3.99. The Morgan fingerprint density at radius 3 is 2.45 bits per heavy atom. The van der Waals surface area contributed by atoms with E-state index in [1.165, 1.54) is 50.9 Å². The Bertz CT molecular complexity index is 462. The predicted molar refractivity (Wildman–Crippen MR) is 87.5 cm³/mol. The van der Waals surface area contributed by atoms with Crippen LogP contribution >= 0.6 is 0 Å². The molecule has 0 atom stereocenters. The van der Waals surface area contributed by atoms with Gasteiger partial charge in [-0.05, 0) is 68.8 Å². The van der Waals surface area contributed by atoms with Crippen molar-refractivity contribution in [1.29, 1.82) is 0 Å². The number of hydrogen-bond donors (Lipinski definition) is 0. The number of aromatic nitrogens is 1. The molecule has 0 spiro atoms. The Hall–Kier alpha value is -1.42. The average molecular weight is 301 g/mol. The number of aryl methyl sites for hydroxylation is 1. The van der Waals surface area contributed by atoms with Crippen molar-refractivity contribution in [1.82, 2.24) is 14.8 Å². The number of likely N-dealkylation sites (tertiary alicyclic amines) is 2. The quantitative estimate of drug-likeness (QED) is 0.837. The summed E-state index contributed by atoms with van der Waals surface area (Å²) in [5, 5.41) is 0. The molecule has 0 aromatic carbocycles. The summed E-state index contributed by atoms with van der Waals surface area (Å²) >= 11 is 0. The molecule has 0 saturated carbocycles. The molecule has 4 nitrogen and oxygen atoms in total. The first-order chi connectivity index (χ1) is 10.8. The van der Waals surface area contributed by atoms with Gasteiger partial charge in [-0.3, -0.25) is 9.78 Å². The highest BCUT2D eigenvalue weighted by Gasteiger charge is 2.24. The minimum atomic E-state index is 0.316. The fourth-order valence-corrected chi connectivity index (χ4v) is 3.65. The fourth-order valence-electron chi connectivity index (χ4n) is 3.65. The smallest absolute Gasteiger partial charge is 0.222 e. The molecule has 0 N–H and O–H groups in total. The van der Waals surface area contributed by atoms with Gasteiger partial charge in [0.15, 0.2) is 0 Å². The van der Waals surface area contributed by atoms with Gasteiger partial charge in [-0.1, -0.05) is 0 Å². The van der Waals surface area contributed by atoms with Crippen molar-refractivity contribution in [3.05, 3.63) is 30.1 Å². The third kappa shape index (κ3) is 4.29. The number of nitrogens with zero attached hydrogens (tertiary/aromatic N) is 3. The molecule has 0 bridgehead atoms. The zero-order chi connectivity index (χ0) is 15.2. The lowest BCUT2D eigenvalue weighted by Gasteiger charge is -2.34. The SMILES string of the molecule is O=C(CCc1ccncc1)N1CCC(CN2CCCC2)CC1. The summed E-state index contributed by atoms with van der Waals surface area (Å²) in [7, 11) is 0. The van der Waals surface area contributed by atoms with Crippen molar-refractivity contribution in [3.63, 3.8) is 0 Å². The Labute approximate surface area is 133 Å². The molecule has 1 amide bonds. The highest BCUT2D eigenvalue weighted by Crippen LogP contribution is 2.21. The molecular weight excluding hydrogens is 274 g/mol. The van der Waals surface area contributed by atoms with E-state index in [1.807, 2.05) is 12.1 Å². The van der Waals surface area contributed by atoms with Crippen LogP contribution in [0.25, 0.3) is 0 Å². The Morgan fingerprint density at radius 2 is 1.77 bits per heavy atom. The summed E-state index contributed by atoms with van der Waals surface area (Å²) in [4.78, 5) is 21.0. The molecule has 2 saturated heterocycles. The molecule has 2 aliphatic rings. The van der Waals surface area contributed by atoms with Gasteiger partial charge in [0.05, 0.1) is 0 Å². The van der Waals surface area contributed by atoms with E-state index in [-0.39, 0.29) is 0 Å². The Balaban J connectivity index is 1.38. The van der Waals surface area contributed by atoms with Crippen LogP contribution in [0.15, 0.2) is 24.5 Å². The molecule has 3 rings (SSSR count). The molecule has 120 valence electrons. The van der Waals surface area contributed by atoms with E-state index in [4.69, 9.17) is 0 Å². The van der Waals surface area contributed by atoms with Crippen LogP contribution in [0.4, 0.5) is 0 Å². The van der Waals surface area contributed by atoms with Gasteiger partial charge in [-0.25, -0.2) is 0 Å². The van der Waals surface area contributed by atoms with Crippen molar-refractivity contribution in [2.24, 2.45) is 5.92 Å². The minimum absolute atomic E-state index is 0.316. The molecule has 2 fully saturated rings. The fraction of sp³-hybridized carbons (Fsp3) is 0.667. The number of rotatable bonds is 5. The van der Waals surface area contributed by atoms with Crippen LogP contribution in [-0.2, 0) is 11.2 Å². The standard InChI is InChI=1S/C18H27N3O/c22-18(4-3-16-5-9-19-10-6-16)21-13-7-17(8-14-21)15-20-11-1-2-12-20/h5-6,9-10,17H,1-4,7-8,11-15H2. The van der Waals surface area contributed by atoms with E-state index in [9.17, 15) is 4.79 Å². The highest BCUT2D eigenvalue weighted by atomic mass is 16.2. The van der Waals surface area contributed by atoms with Crippen LogP contribution in [0.1, 0.15) is 37.7 Å². The van der Waals surface area contributed by atoms with Crippen LogP contribution in [0.2, 0.25) is 0 Å². The summed E-state index contributed by atoms with van der Waals surface area (Å²) in [5.74, 6) is 1.11. The molecule has 0 unspecified atom stereocenters. The molecular formula is C18H27N3O. The molecule has 4 heteroatoms. The predicted octanol–water partition coefficient (Wildman–Crippen LogP) is 2.35. The first-order valence-corrected chi connectivity index (χ1v) is 8.70. The number of piperidine rings is 1. The van der Waals surface area contributed by atoms with E-state index >= 15 is 0 Å². The van der Waals surface area contributed by atoms with Crippen molar-refractivity contribution in [2.45, 2.75) is 38.5 Å². The molecule has 1 aromatic heterocycles. The van der Waals surface area contributed by atoms with Crippen molar-refractivity contribution < 1.29 is 4.79 Å². The van der Waals surface area contributed by atoms with Crippen molar-refractivity contribution in [2.75, 3.05) is 32.7 Å². The van der Waals surface area contributed by atoms with Crippen LogP contribution in [0.5, 0.6) is 0 Å². The number of pyridine rings is 1. The molecule has 22 heavy (non-hydrogen) atoms. The second-order valence-corrected chi connectivity index (χ2v) is 6.69. The van der Waals surface area contributed by atoms with Gasteiger partial charge in [0.1, 0.15) is 0 Å². The highest BCUT2D eigenvalue weighted by molar-refractivity contribution is 5.76. The molecule has 0 aliphatic carbocycles. The van der Waals surface area contributed by atoms with Gasteiger partial charge >= 0.3 is 0 Å². The number of carbonyl (C=O) groups excluding carboxylic acids is 1. The third-order valence-electron chi connectivity index (χ3n) is 5.06. The van der Waals surface area contributed by atoms with Gasteiger partial charge in [0, 0.05) is 38.4 Å². The lowest BCUT2D eigenvalue weighted by Crippen LogP contribution is -2.41. The topological polar surface area (TPSA) is 36.4 Å². The Morgan fingerprint density at radius 1 is 1.09 bits per heavy atom. The maximum Gasteiger partial charge on any atom is 0.222 e. The van der Waals surface area contributed by atoms with Crippen LogP contribution in [0, 0.1) is 5.92 Å². The third-order valence-corrected chi connectivity index (χ3v) is 5.06. The first-order valence-electron chi connectivity index (χ1n) is 8.70. The van der Waals surface area contributed by atoms with Crippen LogP contribution in [0.3, 0.4) is 0 Å². The minimum Gasteiger partial charge on any atom is -0.343 e. The second kappa shape index (κ2) is 7.73. The number of amides is 1. The van der Waals surface area contributed by atoms with Gasteiger partial charge in [-0.15, -0.1) is 0 Å². The maximum atomic E-state index is 12.3. The second-order valence-electron chi connectivity index (χ2n) is 6.69. The summed E-state index contributed by atoms with van der Waals surface area (Å²) < 4.78 is 0. The van der Waals surface area contributed by atoms with E-state index in [0.717, 1.165) is 25.4 Å². The number of carbonyl (C=O) groups is 1. The monoisotopic (exact) mass is 301 g/mol. The largest absolute Gasteiger partial charge is 0.343 e. The summed E-state index contributed by atoms with van der Waals surface area (Å²) in [6.07, 6.45) is 10.1. The van der Waals surface area contributed by atoms with Gasteiger partial charge < -0.3 is 9.80 Å². The first kappa shape index (κ1) is 15.5. The van der Waals surface area contributed by atoms with E-state index in [2.05, 4.69) is 14.8 Å². The zero-order valence-electron chi connectivity index (χ0n) is 13.4. The van der Waals surface area contributed by atoms with Crippen LogP contribution in [-0.4, -0.2) is 53.4 Å². The molecule has 1 aromatic rings. The van der Waals surface area contributed by atoms with Crippen LogP contribution < -0.4 is 0 Å². The lowest BCUT2D eigenvalue weighted by molar-refractivity contribution is -0.132. The number of hydrogen-bond acceptors (Lipinski definition) is 3. The summed E-state index contributed by atoms with van der Waals surface area (Å²) in [6.45, 7) is 5.72.